The summed E-state index contributed by atoms with van der Waals surface area (Å²) in [7, 11) is 0. The number of phenols is 3. The number of aromatic hydroxyl groups is 3. The van der Waals surface area contributed by atoms with Gasteiger partial charge in [0.05, 0.1) is 22.4 Å². The number of aliphatic hydroxyl groups is 1. The highest BCUT2D eigenvalue weighted by Crippen LogP contribution is 2.44. The van der Waals surface area contributed by atoms with Crippen molar-refractivity contribution in [1.29, 1.82) is 0 Å². The van der Waals surface area contributed by atoms with Crippen LogP contribution in [0.4, 0.5) is 5.69 Å². The minimum absolute atomic E-state index is 0.0187. The number of fused-ring (bicyclic) bond motifs is 2. The number of hydrogen-bond donors (Lipinski definition) is 5. The number of aryl methyl sites for hydroxylation is 1. The summed E-state index contributed by atoms with van der Waals surface area (Å²) in [6.45, 7) is 1.85. The number of phenolic OH excluding ortho intramolecular Hbond substituents is 3. The molecule has 0 bridgehead atoms. The molecule has 0 spiro atoms. The summed E-state index contributed by atoms with van der Waals surface area (Å²) in [4.78, 5) is 25.7. The summed E-state index contributed by atoms with van der Waals surface area (Å²) in [5.74, 6) is -2.52. The zero-order valence-corrected chi connectivity index (χ0v) is 13.5. The van der Waals surface area contributed by atoms with E-state index >= 15 is 0 Å². The van der Waals surface area contributed by atoms with Crippen LogP contribution in [0.15, 0.2) is 18.2 Å². The van der Waals surface area contributed by atoms with Gasteiger partial charge in [-0.3, -0.25) is 9.59 Å². The Kier molecular flexibility index (Phi) is 4.10. The van der Waals surface area contributed by atoms with E-state index in [4.69, 9.17) is 5.11 Å². The first-order chi connectivity index (χ1) is 11.9. The monoisotopic (exact) mass is 343 g/mol. The molecule has 7 heteroatoms. The van der Waals surface area contributed by atoms with Gasteiger partial charge in [-0.1, -0.05) is 0 Å². The van der Waals surface area contributed by atoms with Crippen LogP contribution < -0.4 is 5.32 Å². The van der Waals surface area contributed by atoms with Crippen molar-refractivity contribution in [3.63, 3.8) is 0 Å². The predicted molar refractivity (Wildman–Crippen MR) is 89.7 cm³/mol. The topological polar surface area (TPSA) is 127 Å². The Hall–Kier alpha value is -3.06. The molecule has 0 saturated carbocycles. The predicted octanol–water partition coefficient (Wildman–Crippen LogP) is 1.68. The van der Waals surface area contributed by atoms with Gasteiger partial charge in [0.2, 0.25) is 5.78 Å². The Morgan fingerprint density at radius 3 is 2.24 bits per heavy atom. The maximum absolute atomic E-state index is 12.9. The van der Waals surface area contributed by atoms with Crippen molar-refractivity contribution >= 4 is 17.3 Å². The normalized spacial score (nSPS) is 12.7. The summed E-state index contributed by atoms with van der Waals surface area (Å²) in [6, 6.07) is 3.82. The van der Waals surface area contributed by atoms with E-state index in [0.717, 1.165) is 6.07 Å². The van der Waals surface area contributed by atoms with Crippen LogP contribution in [-0.4, -0.2) is 45.1 Å². The van der Waals surface area contributed by atoms with Crippen LogP contribution in [0.2, 0.25) is 0 Å². The van der Waals surface area contributed by atoms with E-state index in [-0.39, 0.29) is 52.6 Å². The average molecular weight is 343 g/mol. The number of aliphatic hydroxyl groups excluding tert-OH is 1. The third-order valence-electron chi connectivity index (χ3n) is 4.11. The fourth-order valence-corrected chi connectivity index (χ4v) is 3.03. The van der Waals surface area contributed by atoms with Gasteiger partial charge in [0.15, 0.2) is 5.78 Å². The van der Waals surface area contributed by atoms with Crippen LogP contribution in [0.1, 0.15) is 43.8 Å². The van der Waals surface area contributed by atoms with E-state index in [9.17, 15) is 24.9 Å². The molecule has 3 rings (SSSR count). The molecule has 0 aromatic heterocycles. The van der Waals surface area contributed by atoms with E-state index in [2.05, 4.69) is 5.32 Å². The second-order valence-corrected chi connectivity index (χ2v) is 5.91. The van der Waals surface area contributed by atoms with Crippen molar-refractivity contribution in [2.45, 2.75) is 13.3 Å². The Labute approximate surface area is 143 Å². The fourth-order valence-electron chi connectivity index (χ4n) is 3.03. The number of nitrogens with one attached hydrogen (secondary N) is 1. The molecule has 2 aromatic carbocycles. The highest BCUT2D eigenvalue weighted by Gasteiger charge is 2.37. The molecule has 0 aliphatic heterocycles. The van der Waals surface area contributed by atoms with Crippen LogP contribution in [0.25, 0.3) is 0 Å². The molecule has 0 radical (unpaired) electrons. The smallest absolute Gasteiger partial charge is 0.202 e. The van der Waals surface area contributed by atoms with Crippen molar-refractivity contribution in [3.05, 3.63) is 46.0 Å². The minimum Gasteiger partial charge on any atom is -0.507 e. The third-order valence-corrected chi connectivity index (χ3v) is 4.11. The number of anilines is 1. The molecule has 1 aliphatic carbocycles. The maximum atomic E-state index is 12.9. The summed E-state index contributed by atoms with van der Waals surface area (Å²) < 4.78 is 0. The van der Waals surface area contributed by atoms with E-state index in [1.807, 2.05) is 0 Å². The number of ketones is 2. The van der Waals surface area contributed by atoms with Crippen LogP contribution in [0.3, 0.4) is 0 Å². The van der Waals surface area contributed by atoms with Gasteiger partial charge >= 0.3 is 0 Å². The summed E-state index contributed by atoms with van der Waals surface area (Å²) in [6.07, 6.45) is 0.369. The molecule has 0 atom stereocenters. The Morgan fingerprint density at radius 2 is 1.56 bits per heavy atom. The first-order valence-electron chi connectivity index (χ1n) is 7.73. The number of hydrogen-bond acceptors (Lipinski definition) is 7. The Bertz CT molecular complexity index is 903. The first-order valence-corrected chi connectivity index (χ1v) is 7.73. The molecule has 2 aromatic rings. The van der Waals surface area contributed by atoms with Gasteiger partial charge in [-0.2, -0.15) is 0 Å². The average Bonchev–Trinajstić information content (AvgIpc) is 2.53. The minimum atomic E-state index is -0.690. The lowest BCUT2D eigenvalue weighted by molar-refractivity contribution is 0.0974. The lowest BCUT2D eigenvalue weighted by Gasteiger charge is -2.23. The summed E-state index contributed by atoms with van der Waals surface area (Å²) in [5, 5.41) is 42.0. The maximum Gasteiger partial charge on any atom is 0.202 e. The largest absolute Gasteiger partial charge is 0.507 e. The molecule has 0 amide bonds. The van der Waals surface area contributed by atoms with E-state index < -0.39 is 17.3 Å². The van der Waals surface area contributed by atoms with Gasteiger partial charge in [0, 0.05) is 24.8 Å². The number of carbonyl (C=O) groups is 2. The lowest BCUT2D eigenvalue weighted by Crippen LogP contribution is -2.23. The second-order valence-electron chi connectivity index (χ2n) is 5.91. The SMILES string of the molecule is Cc1cc(O)c2c(c1)C(=O)c1c(NCCCO)c(O)cc(O)c1C2=O. The van der Waals surface area contributed by atoms with Gasteiger partial charge in [0.25, 0.3) is 0 Å². The molecule has 0 fully saturated rings. The van der Waals surface area contributed by atoms with E-state index in [1.54, 1.807) is 6.92 Å². The molecule has 5 N–H and O–H groups in total. The molecular formula is C18H17NO6. The summed E-state index contributed by atoms with van der Waals surface area (Å²) in [5.41, 5.74) is 0.0701. The zero-order chi connectivity index (χ0) is 18.3. The molecule has 25 heavy (non-hydrogen) atoms. The van der Waals surface area contributed by atoms with Gasteiger partial charge in [-0.15, -0.1) is 0 Å². The molecule has 0 unspecified atom stereocenters. The third kappa shape index (κ3) is 2.58. The van der Waals surface area contributed by atoms with Crippen molar-refractivity contribution in [1.82, 2.24) is 0 Å². The quantitative estimate of drug-likeness (QED) is 0.277. The summed E-state index contributed by atoms with van der Waals surface area (Å²) >= 11 is 0. The van der Waals surface area contributed by atoms with Crippen LogP contribution in [0, 0.1) is 6.92 Å². The van der Waals surface area contributed by atoms with Gasteiger partial charge in [-0.25, -0.2) is 0 Å². The lowest BCUT2D eigenvalue weighted by atomic mass is 9.81. The molecule has 1 aliphatic rings. The second kappa shape index (κ2) is 6.10. The Morgan fingerprint density at radius 1 is 0.880 bits per heavy atom. The molecule has 7 nitrogen and oxygen atoms in total. The number of carbonyl (C=O) groups excluding carboxylic acids is 2. The Balaban J connectivity index is 2.25. The number of rotatable bonds is 4. The van der Waals surface area contributed by atoms with Gasteiger partial charge in [0.1, 0.15) is 17.2 Å². The van der Waals surface area contributed by atoms with E-state index in [0.29, 0.717) is 12.0 Å². The highest BCUT2D eigenvalue weighted by atomic mass is 16.3. The van der Waals surface area contributed by atoms with Gasteiger partial charge in [-0.05, 0) is 31.0 Å². The van der Waals surface area contributed by atoms with Crippen LogP contribution in [-0.2, 0) is 0 Å². The van der Waals surface area contributed by atoms with Gasteiger partial charge < -0.3 is 25.7 Å². The highest BCUT2D eigenvalue weighted by molar-refractivity contribution is 6.32. The van der Waals surface area contributed by atoms with Crippen LogP contribution in [0.5, 0.6) is 17.2 Å². The van der Waals surface area contributed by atoms with Crippen molar-refractivity contribution in [2.24, 2.45) is 0 Å². The fraction of sp³-hybridized carbons (Fsp3) is 0.222. The molecule has 0 saturated heterocycles. The van der Waals surface area contributed by atoms with Crippen molar-refractivity contribution in [2.75, 3.05) is 18.5 Å². The molecular weight excluding hydrogens is 326 g/mol. The zero-order valence-electron chi connectivity index (χ0n) is 13.5. The molecule has 0 heterocycles. The van der Waals surface area contributed by atoms with Crippen molar-refractivity contribution < 1.29 is 30.0 Å². The number of benzene rings is 2. The first kappa shape index (κ1) is 16.8. The van der Waals surface area contributed by atoms with Crippen molar-refractivity contribution in [3.8, 4) is 17.2 Å². The standard InChI is InChI=1S/C18H17NO6/c1-8-5-9-13(10(21)6-8)18(25)14-11(22)7-12(23)16(15(14)17(9)24)19-3-2-4-20/h5-7,19-23H,2-4H2,1H3. The van der Waals surface area contributed by atoms with Crippen LogP contribution >= 0.6 is 0 Å². The molecule has 130 valence electrons. The van der Waals surface area contributed by atoms with E-state index in [1.165, 1.54) is 12.1 Å².